The second kappa shape index (κ2) is 11.6. The molecule has 3 N–H and O–H groups in total. The van der Waals surface area contributed by atoms with E-state index in [0.29, 0.717) is 69.2 Å². The number of hydrogen-bond acceptors (Lipinski definition) is 6. The van der Waals surface area contributed by atoms with Gasteiger partial charge in [-0.05, 0) is 49.7 Å². The van der Waals surface area contributed by atoms with Gasteiger partial charge in [0.25, 0.3) is 11.8 Å². The van der Waals surface area contributed by atoms with E-state index in [1.807, 2.05) is 9.47 Å². The lowest BCUT2D eigenvalue weighted by Crippen LogP contribution is -2.41. The molecule has 1 aromatic carbocycles. The van der Waals surface area contributed by atoms with E-state index < -0.39 is 17.6 Å². The first kappa shape index (κ1) is 30.1. The Hall–Kier alpha value is -2.89. The number of halogens is 3. The van der Waals surface area contributed by atoms with E-state index in [1.165, 1.54) is 6.07 Å². The fraction of sp³-hybridized carbons (Fsp3) is 0.625. The van der Waals surface area contributed by atoms with E-state index in [4.69, 9.17) is 15.2 Å². The highest BCUT2D eigenvalue weighted by atomic mass is 19.3. The average molecular weight is 603 g/mol. The van der Waals surface area contributed by atoms with Crippen molar-refractivity contribution in [1.29, 1.82) is 0 Å². The number of piperidine rings is 1. The lowest BCUT2D eigenvalue weighted by atomic mass is 9.75. The van der Waals surface area contributed by atoms with Crippen LogP contribution < -0.4 is 11.1 Å². The minimum atomic E-state index is -2.55. The van der Waals surface area contributed by atoms with Gasteiger partial charge in [-0.1, -0.05) is 13.8 Å². The summed E-state index contributed by atoms with van der Waals surface area (Å²) in [6.45, 7) is 6.72. The van der Waals surface area contributed by atoms with Crippen molar-refractivity contribution < 1.29 is 32.2 Å². The second-order valence-corrected chi connectivity index (χ2v) is 13.4. The van der Waals surface area contributed by atoms with Gasteiger partial charge in [-0.2, -0.15) is 0 Å². The van der Waals surface area contributed by atoms with E-state index in [9.17, 15) is 18.4 Å². The Morgan fingerprint density at radius 1 is 1.09 bits per heavy atom. The number of fused-ring (bicyclic) bond motifs is 3. The summed E-state index contributed by atoms with van der Waals surface area (Å²) in [4.78, 5) is 27.6. The summed E-state index contributed by atoms with van der Waals surface area (Å²) >= 11 is 0. The molecule has 43 heavy (non-hydrogen) atoms. The van der Waals surface area contributed by atoms with Crippen LogP contribution in [0, 0.1) is 11.2 Å². The van der Waals surface area contributed by atoms with Crippen molar-refractivity contribution in [2.45, 2.75) is 96.5 Å². The highest BCUT2D eigenvalue weighted by Crippen LogP contribution is 2.43. The van der Waals surface area contributed by atoms with Crippen molar-refractivity contribution in [2.75, 3.05) is 31.6 Å². The molecule has 0 radical (unpaired) electrons. The van der Waals surface area contributed by atoms with Crippen molar-refractivity contribution in [3.63, 3.8) is 0 Å². The molecule has 0 unspecified atom stereocenters. The van der Waals surface area contributed by atoms with Crippen LogP contribution >= 0.6 is 0 Å². The van der Waals surface area contributed by atoms with Crippen LogP contribution in [0.2, 0.25) is 0 Å². The molecule has 8 nitrogen and oxygen atoms in total. The molecule has 11 heteroatoms. The number of nitrogens with zero attached hydrogens (tertiary/aromatic N) is 2. The fourth-order valence-electron chi connectivity index (χ4n) is 7.26. The minimum Gasteiger partial charge on any atom is -0.382 e. The van der Waals surface area contributed by atoms with Crippen LogP contribution in [0.3, 0.4) is 0 Å². The van der Waals surface area contributed by atoms with Crippen molar-refractivity contribution in [1.82, 2.24) is 9.47 Å². The van der Waals surface area contributed by atoms with E-state index in [2.05, 4.69) is 19.2 Å². The Morgan fingerprint density at radius 3 is 2.51 bits per heavy atom. The molecule has 2 aromatic rings. The molecule has 0 spiro atoms. The second-order valence-electron chi connectivity index (χ2n) is 13.4. The lowest BCUT2D eigenvalue weighted by molar-refractivity contribution is -0.0625. The number of alkyl halides is 2. The van der Waals surface area contributed by atoms with Crippen LogP contribution in [0.5, 0.6) is 0 Å². The number of aromatic nitrogens is 1. The standard InChI is InChI=1S/C32H41F3N4O4/c1-31(2)15-25-28(27(40)16-31)22-17-42-18-26(22)39(25)20-13-23(33)29(30(36)41)24(14-20)37-19-3-5-21(6-4-19)43-12-11-38-9-7-32(34,35)8-10-38/h13-14,19,21,37H,3-12,15-18H2,1-2H3,(H2,36,41)/t19-,21-. The zero-order chi connectivity index (χ0) is 30.5. The van der Waals surface area contributed by atoms with Gasteiger partial charge in [0, 0.05) is 61.8 Å². The number of carbonyl (C=O) groups excluding carboxylic acids is 2. The van der Waals surface area contributed by atoms with Gasteiger partial charge >= 0.3 is 0 Å². The van der Waals surface area contributed by atoms with Crippen LogP contribution in [0.15, 0.2) is 12.1 Å². The molecule has 3 heterocycles. The van der Waals surface area contributed by atoms with Crippen LogP contribution in [0.4, 0.5) is 18.9 Å². The average Bonchev–Trinajstić information content (AvgIpc) is 3.49. The van der Waals surface area contributed by atoms with Crippen molar-refractivity contribution in [3.8, 4) is 5.69 Å². The van der Waals surface area contributed by atoms with Crippen LogP contribution in [0.25, 0.3) is 5.69 Å². The van der Waals surface area contributed by atoms with Gasteiger partial charge in [0.15, 0.2) is 5.78 Å². The molecular formula is C32H41F3N4O4. The SMILES string of the molecule is CC1(C)CC(=O)c2c3c(n(-c4cc(F)c(C(N)=O)c(N[C@H]5CC[C@H](OCCN6CCC(F)(F)CC6)CC5)c4)c2C1)COC3. The quantitative estimate of drug-likeness (QED) is 0.422. The van der Waals surface area contributed by atoms with Gasteiger partial charge in [-0.25, -0.2) is 13.2 Å². The third-order valence-electron chi connectivity index (χ3n) is 9.49. The van der Waals surface area contributed by atoms with Crippen LogP contribution in [-0.4, -0.2) is 65.5 Å². The maximum Gasteiger partial charge on any atom is 0.253 e. The number of benzene rings is 1. The number of primary amides is 1. The van der Waals surface area contributed by atoms with Crippen LogP contribution in [0.1, 0.15) is 96.5 Å². The Labute approximate surface area is 250 Å². The third-order valence-corrected chi connectivity index (χ3v) is 9.49. The predicted molar refractivity (Wildman–Crippen MR) is 155 cm³/mol. The lowest BCUT2D eigenvalue weighted by Gasteiger charge is -2.33. The van der Waals surface area contributed by atoms with E-state index in [1.54, 1.807) is 6.07 Å². The molecule has 2 fully saturated rings. The summed E-state index contributed by atoms with van der Waals surface area (Å²) < 4.78 is 56.1. The number of nitrogens with one attached hydrogen (secondary N) is 1. The number of hydrogen-bond donors (Lipinski definition) is 2. The summed E-state index contributed by atoms with van der Waals surface area (Å²) in [5, 5.41) is 3.40. The smallest absolute Gasteiger partial charge is 0.253 e. The van der Waals surface area contributed by atoms with Gasteiger partial charge in [-0.3, -0.25) is 9.59 Å². The number of nitrogens with two attached hydrogens (primary N) is 1. The predicted octanol–water partition coefficient (Wildman–Crippen LogP) is 5.37. The third kappa shape index (κ3) is 6.21. The molecule has 1 saturated heterocycles. The molecule has 4 aliphatic rings. The molecule has 6 rings (SSSR count). The number of ether oxygens (including phenoxy) is 2. The molecule has 1 saturated carbocycles. The Balaban J connectivity index is 1.16. The summed E-state index contributed by atoms with van der Waals surface area (Å²) in [5.74, 6) is -4.03. The fourth-order valence-corrected chi connectivity index (χ4v) is 7.26. The number of amides is 1. The maximum atomic E-state index is 15.6. The topological polar surface area (TPSA) is 98.8 Å². The normalized spacial score (nSPS) is 24.9. The highest BCUT2D eigenvalue weighted by Gasteiger charge is 2.39. The zero-order valence-electron chi connectivity index (χ0n) is 24.9. The van der Waals surface area contributed by atoms with E-state index in [-0.39, 0.29) is 41.7 Å². The van der Waals surface area contributed by atoms with E-state index in [0.717, 1.165) is 42.6 Å². The van der Waals surface area contributed by atoms with Crippen molar-refractivity contribution >= 4 is 17.4 Å². The molecule has 1 amide bonds. The molecular weight excluding hydrogens is 561 g/mol. The van der Waals surface area contributed by atoms with Gasteiger partial charge in [0.2, 0.25) is 0 Å². The number of carbonyl (C=O) groups is 2. The highest BCUT2D eigenvalue weighted by molar-refractivity contribution is 6.01. The van der Waals surface area contributed by atoms with Gasteiger partial charge in [-0.15, -0.1) is 0 Å². The first-order valence-electron chi connectivity index (χ1n) is 15.4. The maximum absolute atomic E-state index is 15.6. The number of ketones is 1. The van der Waals surface area contributed by atoms with Gasteiger partial charge < -0.3 is 30.0 Å². The number of Topliss-reactive ketones (excluding diaryl/α,β-unsaturated/α-hetero) is 1. The summed E-state index contributed by atoms with van der Waals surface area (Å²) in [6, 6.07) is 3.08. The largest absolute Gasteiger partial charge is 0.382 e. The number of rotatable bonds is 8. The summed E-state index contributed by atoms with van der Waals surface area (Å²) in [7, 11) is 0. The van der Waals surface area contributed by atoms with Gasteiger partial charge in [0.1, 0.15) is 5.82 Å². The molecule has 234 valence electrons. The molecule has 0 atom stereocenters. The Kier molecular flexibility index (Phi) is 8.10. The monoisotopic (exact) mass is 602 g/mol. The molecule has 2 aliphatic carbocycles. The molecule has 1 aromatic heterocycles. The first-order valence-corrected chi connectivity index (χ1v) is 15.4. The Morgan fingerprint density at radius 2 is 1.81 bits per heavy atom. The zero-order valence-corrected chi connectivity index (χ0v) is 24.9. The number of likely N-dealkylation sites (tertiary alicyclic amines) is 1. The van der Waals surface area contributed by atoms with E-state index >= 15 is 4.39 Å². The first-order chi connectivity index (χ1) is 20.4. The van der Waals surface area contributed by atoms with Crippen LogP contribution in [-0.2, 0) is 29.1 Å². The summed E-state index contributed by atoms with van der Waals surface area (Å²) in [6.07, 6.45) is 4.08. The number of anilines is 1. The summed E-state index contributed by atoms with van der Waals surface area (Å²) in [5.41, 5.74) is 9.38. The minimum absolute atomic E-state index is 0.00920. The molecule has 2 aliphatic heterocycles. The molecule has 0 bridgehead atoms. The Bertz CT molecular complexity index is 1400. The van der Waals surface area contributed by atoms with Gasteiger partial charge in [0.05, 0.1) is 48.6 Å². The van der Waals surface area contributed by atoms with Crippen molar-refractivity contribution in [2.24, 2.45) is 11.1 Å². The van der Waals surface area contributed by atoms with Crippen molar-refractivity contribution in [3.05, 3.63) is 46.0 Å².